The molecule has 2 saturated heterocycles. The average Bonchev–Trinajstić information content (AvgIpc) is 3.06. The SMILES string of the molecule is CC.CC.COC(=O)C1CC2(C1)CC(N1CCN(C)CC1)C2.O=CCN1CCN2c3cc(-c4ccccc4O)nnc3NC[C@H]2C1. The summed E-state index contributed by atoms with van der Waals surface area (Å²) in [4.78, 5) is 31.7. The lowest BCUT2D eigenvalue weighted by molar-refractivity contribution is -0.163. The number of aromatic nitrogens is 2. The summed E-state index contributed by atoms with van der Waals surface area (Å²) in [5.74, 6) is 1.17. The van der Waals surface area contributed by atoms with Crippen LogP contribution in [-0.2, 0) is 14.3 Å². The Bertz CT molecular complexity index is 1270. The van der Waals surface area contributed by atoms with Gasteiger partial charge >= 0.3 is 5.97 Å². The van der Waals surface area contributed by atoms with Crippen LogP contribution in [0, 0.1) is 11.3 Å². The van der Waals surface area contributed by atoms with Gasteiger partial charge in [0.05, 0.1) is 37.0 Å². The number of piperazine rings is 2. The van der Waals surface area contributed by atoms with Crippen molar-refractivity contribution in [3.63, 3.8) is 0 Å². The largest absolute Gasteiger partial charge is 0.507 e. The number of para-hydroxylation sites is 1. The van der Waals surface area contributed by atoms with E-state index in [1.165, 1.54) is 46.1 Å². The van der Waals surface area contributed by atoms with Gasteiger partial charge in [-0.1, -0.05) is 39.8 Å². The number of hydrogen-bond donors (Lipinski definition) is 2. The molecule has 2 N–H and O–H groups in total. The van der Waals surface area contributed by atoms with Crippen molar-refractivity contribution in [3.8, 4) is 17.0 Å². The Morgan fingerprint density at radius 2 is 1.70 bits per heavy atom. The third kappa shape index (κ3) is 7.98. The summed E-state index contributed by atoms with van der Waals surface area (Å²) in [5.41, 5.74) is 2.84. The monoisotopic (exact) mass is 637 g/mol. The van der Waals surface area contributed by atoms with E-state index in [4.69, 9.17) is 4.74 Å². The molecule has 4 fully saturated rings. The maximum absolute atomic E-state index is 11.4. The van der Waals surface area contributed by atoms with E-state index in [1.54, 1.807) is 12.1 Å². The zero-order valence-electron chi connectivity index (χ0n) is 28.7. The number of benzene rings is 1. The number of phenolic OH excluding ortho intramolecular Hbond substituents is 1. The normalized spacial score (nSPS) is 26.8. The van der Waals surface area contributed by atoms with Crippen molar-refractivity contribution in [2.24, 2.45) is 11.3 Å². The maximum Gasteiger partial charge on any atom is 0.308 e. The molecule has 1 aromatic carbocycles. The fraction of sp³-hybridized carbons (Fsp3) is 0.657. The second kappa shape index (κ2) is 16.5. The highest BCUT2D eigenvalue weighted by atomic mass is 16.5. The van der Waals surface area contributed by atoms with Gasteiger partial charge in [0.25, 0.3) is 0 Å². The zero-order valence-corrected chi connectivity index (χ0v) is 28.7. The first kappa shape index (κ1) is 35.6. The Kier molecular flexibility index (Phi) is 12.8. The van der Waals surface area contributed by atoms with Crippen molar-refractivity contribution in [2.75, 3.05) is 83.3 Å². The van der Waals surface area contributed by atoms with Crippen LogP contribution in [0.3, 0.4) is 0 Å². The molecule has 1 spiro atoms. The van der Waals surface area contributed by atoms with Gasteiger partial charge < -0.3 is 29.8 Å². The van der Waals surface area contributed by atoms with Crippen LogP contribution >= 0.6 is 0 Å². The minimum absolute atomic E-state index is 0.00340. The molecule has 2 aliphatic carbocycles. The summed E-state index contributed by atoms with van der Waals surface area (Å²) < 4.78 is 4.82. The molecule has 3 aliphatic heterocycles. The number of aromatic hydroxyl groups is 1. The number of aldehydes is 1. The molecular weight excluding hydrogens is 582 g/mol. The van der Waals surface area contributed by atoms with Crippen LogP contribution in [0.2, 0.25) is 0 Å². The number of fused-ring (bicyclic) bond motifs is 3. The zero-order chi connectivity index (χ0) is 33.3. The van der Waals surface area contributed by atoms with E-state index in [2.05, 4.69) is 42.2 Å². The highest BCUT2D eigenvalue weighted by molar-refractivity contribution is 5.76. The van der Waals surface area contributed by atoms with Gasteiger partial charge in [0.15, 0.2) is 5.82 Å². The first-order chi connectivity index (χ1) is 22.4. The van der Waals surface area contributed by atoms with Crippen molar-refractivity contribution in [3.05, 3.63) is 30.3 Å². The van der Waals surface area contributed by atoms with Crippen LogP contribution in [0.25, 0.3) is 11.3 Å². The number of phenols is 1. The molecular formula is C35H55N7O4. The van der Waals surface area contributed by atoms with Crippen LogP contribution in [-0.4, -0.2) is 127 Å². The number of likely N-dealkylation sites (N-methyl/N-ethyl adjacent to an activating group) is 1. The number of methoxy groups -OCH3 is 1. The first-order valence-corrected chi connectivity index (χ1v) is 17.2. The predicted octanol–water partition coefficient (Wildman–Crippen LogP) is 3.98. The van der Waals surface area contributed by atoms with E-state index in [-0.39, 0.29) is 17.6 Å². The Morgan fingerprint density at radius 3 is 2.35 bits per heavy atom. The summed E-state index contributed by atoms with van der Waals surface area (Å²) in [7, 11) is 3.70. The van der Waals surface area contributed by atoms with Crippen molar-refractivity contribution >= 4 is 23.8 Å². The third-order valence-electron chi connectivity index (χ3n) is 9.95. The van der Waals surface area contributed by atoms with Crippen molar-refractivity contribution in [1.29, 1.82) is 0 Å². The number of carbonyl (C=O) groups excluding carboxylic acids is 2. The maximum atomic E-state index is 11.4. The Labute approximate surface area is 275 Å². The number of ether oxygens (including phenoxy) is 1. The number of anilines is 2. The molecule has 0 unspecified atom stereocenters. The Morgan fingerprint density at radius 1 is 1.00 bits per heavy atom. The topological polar surface area (TPSA) is 114 Å². The van der Waals surface area contributed by atoms with Gasteiger partial charge in [-0.05, 0) is 56.3 Å². The smallest absolute Gasteiger partial charge is 0.308 e. The quantitative estimate of drug-likeness (QED) is 0.367. The molecule has 0 bridgehead atoms. The van der Waals surface area contributed by atoms with E-state index >= 15 is 0 Å². The van der Waals surface area contributed by atoms with Gasteiger partial charge in [0.1, 0.15) is 12.0 Å². The predicted molar refractivity (Wildman–Crippen MR) is 183 cm³/mol. The molecule has 2 saturated carbocycles. The Balaban J connectivity index is 0.000000195. The molecule has 4 heterocycles. The van der Waals surface area contributed by atoms with Gasteiger partial charge in [-0.25, -0.2) is 0 Å². The van der Waals surface area contributed by atoms with Gasteiger partial charge in [-0.3, -0.25) is 14.6 Å². The lowest BCUT2D eigenvalue weighted by atomic mass is 9.49. The van der Waals surface area contributed by atoms with E-state index in [1.807, 2.05) is 45.9 Å². The number of nitrogens with one attached hydrogen (secondary N) is 1. The fourth-order valence-electron chi connectivity index (χ4n) is 7.48. The molecule has 1 atom stereocenters. The fourth-order valence-corrected chi connectivity index (χ4v) is 7.48. The number of hydrogen-bond acceptors (Lipinski definition) is 11. The van der Waals surface area contributed by atoms with Crippen LogP contribution in [0.1, 0.15) is 53.4 Å². The summed E-state index contributed by atoms with van der Waals surface area (Å²) >= 11 is 0. The van der Waals surface area contributed by atoms with Gasteiger partial charge in [0.2, 0.25) is 0 Å². The lowest BCUT2D eigenvalue weighted by Gasteiger charge is -2.60. The molecule has 5 aliphatic rings. The van der Waals surface area contributed by atoms with Gasteiger partial charge in [0, 0.05) is 64.0 Å². The van der Waals surface area contributed by atoms with Crippen LogP contribution in [0.4, 0.5) is 11.5 Å². The molecule has 2 aromatic rings. The van der Waals surface area contributed by atoms with E-state index in [0.29, 0.717) is 29.3 Å². The van der Waals surface area contributed by atoms with Gasteiger partial charge in [-0.2, -0.15) is 0 Å². The van der Waals surface area contributed by atoms with Crippen molar-refractivity contribution < 1.29 is 19.4 Å². The molecule has 0 amide bonds. The average molecular weight is 638 g/mol. The number of esters is 1. The molecule has 46 heavy (non-hydrogen) atoms. The van der Waals surface area contributed by atoms with E-state index < -0.39 is 0 Å². The number of carbonyl (C=O) groups is 2. The molecule has 254 valence electrons. The minimum atomic E-state index is 0.00340. The van der Waals surface area contributed by atoms with Gasteiger partial charge in [-0.15, -0.1) is 10.2 Å². The number of nitrogens with zero attached hydrogens (tertiary/aromatic N) is 6. The van der Waals surface area contributed by atoms with Crippen LogP contribution < -0.4 is 10.2 Å². The molecule has 11 heteroatoms. The van der Waals surface area contributed by atoms with Crippen LogP contribution in [0.15, 0.2) is 30.3 Å². The molecule has 11 nitrogen and oxygen atoms in total. The van der Waals surface area contributed by atoms with E-state index in [0.717, 1.165) is 62.9 Å². The third-order valence-corrected chi connectivity index (χ3v) is 9.95. The standard InChI is InChI=1S/C17H19N5O2.C14H24N2O2.2C2H6/c23-8-7-21-5-6-22-12(11-21)10-18-17-15(22)9-14(19-20-17)13-3-1-2-4-16(13)24;1-15-3-5-16(6-4-15)12-9-14(10-12)7-11(8-14)13(17)18-2;2*1-2/h1-4,8-9,12,24H,5-7,10-11H2,(H,18,20);11-12H,3-10H2,1-2H3;2*1-2H3/t12-;;;/m0.../s1. The number of rotatable bonds is 5. The highest BCUT2D eigenvalue weighted by Crippen LogP contribution is 2.60. The molecule has 0 radical (unpaired) electrons. The van der Waals surface area contributed by atoms with E-state index in [9.17, 15) is 14.7 Å². The lowest BCUT2D eigenvalue weighted by Crippen LogP contribution is -2.60. The minimum Gasteiger partial charge on any atom is -0.507 e. The van der Waals surface area contributed by atoms with Crippen LogP contribution in [0.5, 0.6) is 5.75 Å². The summed E-state index contributed by atoms with van der Waals surface area (Å²) in [5, 5.41) is 21.9. The summed E-state index contributed by atoms with van der Waals surface area (Å²) in [6.07, 6.45) is 5.73. The highest BCUT2D eigenvalue weighted by Gasteiger charge is 2.56. The Hall–Kier alpha value is -3.28. The summed E-state index contributed by atoms with van der Waals surface area (Å²) in [6, 6.07) is 10.2. The summed E-state index contributed by atoms with van der Waals surface area (Å²) in [6.45, 7) is 16.7. The van der Waals surface area contributed by atoms with Crippen molar-refractivity contribution in [2.45, 2.75) is 65.5 Å². The first-order valence-electron chi connectivity index (χ1n) is 17.2. The second-order valence-corrected chi connectivity index (χ2v) is 12.7. The molecule has 7 rings (SSSR count). The molecule has 1 aromatic heterocycles. The second-order valence-electron chi connectivity index (χ2n) is 12.7. The van der Waals surface area contributed by atoms with Crippen molar-refractivity contribution in [1.82, 2.24) is 24.9 Å².